The van der Waals surface area contributed by atoms with E-state index in [1.54, 1.807) is 18.2 Å². The van der Waals surface area contributed by atoms with Gasteiger partial charge in [0.25, 0.3) is 0 Å². The van der Waals surface area contributed by atoms with E-state index in [1.807, 2.05) is 37.3 Å². The second-order valence-electron chi connectivity index (χ2n) is 8.27. The van der Waals surface area contributed by atoms with Gasteiger partial charge in [-0.3, -0.25) is 4.79 Å². The highest BCUT2D eigenvalue weighted by Gasteiger charge is 2.27. The molecule has 1 aliphatic carbocycles. The Hall–Kier alpha value is -3.52. The number of alkyl carbamates (subject to hydrolysis) is 1. The van der Waals surface area contributed by atoms with Crippen molar-refractivity contribution in [3.8, 4) is 0 Å². The second-order valence-corrected chi connectivity index (χ2v) is 9.38. The molecule has 1 heterocycles. The molecule has 0 saturated heterocycles. The molecule has 180 valence electrons. The van der Waals surface area contributed by atoms with Crippen molar-refractivity contribution in [2.24, 2.45) is 5.73 Å². The highest BCUT2D eigenvalue weighted by Crippen LogP contribution is 2.41. The van der Waals surface area contributed by atoms with E-state index >= 15 is 0 Å². The van der Waals surface area contributed by atoms with Gasteiger partial charge in [0.1, 0.15) is 11.1 Å². The molecular weight excluding hydrogens is 448 g/mol. The van der Waals surface area contributed by atoms with Crippen LogP contribution in [0.1, 0.15) is 41.7 Å². The summed E-state index contributed by atoms with van der Waals surface area (Å²) in [6, 6.07) is 9.96. The molecule has 2 aromatic rings. The van der Waals surface area contributed by atoms with E-state index in [1.165, 1.54) is 17.5 Å². The summed E-state index contributed by atoms with van der Waals surface area (Å²) in [5.41, 5.74) is 15.4. The number of thiophene rings is 1. The number of carbonyl (C=O) groups excluding carboxylic acids is 2. The number of fused-ring (bicyclic) bond motifs is 1. The summed E-state index contributed by atoms with van der Waals surface area (Å²) in [6.45, 7) is 5.98. The third-order valence-electron chi connectivity index (χ3n) is 5.73. The average Bonchev–Trinajstić information content (AvgIpc) is 3.12. The van der Waals surface area contributed by atoms with E-state index in [4.69, 9.17) is 16.2 Å². The number of hydrogen-bond donors (Lipinski definition) is 4. The monoisotopic (exact) mass is 480 g/mol. The fourth-order valence-corrected chi connectivity index (χ4v) is 5.19. The van der Waals surface area contributed by atoms with Gasteiger partial charge in [-0.1, -0.05) is 56.0 Å². The van der Waals surface area contributed by atoms with Gasteiger partial charge in [0.05, 0.1) is 5.69 Å². The normalized spacial score (nSPS) is 16.5. The minimum atomic E-state index is -0.484. The lowest BCUT2D eigenvalue weighted by molar-refractivity contribution is -0.116. The number of allylic oxidation sites excluding steroid dienone is 2. The Balaban J connectivity index is 1.54. The van der Waals surface area contributed by atoms with Crippen LogP contribution in [-0.2, 0) is 22.4 Å². The zero-order valence-corrected chi connectivity index (χ0v) is 20.2. The molecule has 1 aromatic carbocycles. The van der Waals surface area contributed by atoms with Crippen LogP contribution in [0.5, 0.6) is 0 Å². The molecule has 1 aliphatic rings. The lowest BCUT2D eigenvalue weighted by Gasteiger charge is -2.22. The smallest absolute Gasteiger partial charge is 0.407 e. The SMILES string of the molecule is C=C/C=C(\C=C/N)CNC(=O)OC1CCc2c(sc(NC(=O)CC(C)c3ccccc3)c2N)C1. The molecule has 0 radical (unpaired) electrons. The highest BCUT2D eigenvalue weighted by molar-refractivity contribution is 7.17. The van der Waals surface area contributed by atoms with Gasteiger partial charge in [-0.05, 0) is 47.7 Å². The van der Waals surface area contributed by atoms with Gasteiger partial charge in [0.15, 0.2) is 0 Å². The fraction of sp³-hybridized carbons (Fsp3) is 0.308. The maximum absolute atomic E-state index is 12.6. The number of benzene rings is 1. The molecule has 3 rings (SSSR count). The van der Waals surface area contributed by atoms with Crippen molar-refractivity contribution in [1.82, 2.24) is 5.32 Å². The number of nitrogens with one attached hydrogen (secondary N) is 2. The molecule has 2 unspecified atom stereocenters. The van der Waals surface area contributed by atoms with Crippen molar-refractivity contribution in [1.29, 1.82) is 0 Å². The number of amides is 2. The molecular formula is C26H32N4O3S. The van der Waals surface area contributed by atoms with Gasteiger partial charge < -0.3 is 26.8 Å². The van der Waals surface area contributed by atoms with Crippen LogP contribution >= 0.6 is 11.3 Å². The molecule has 0 spiro atoms. The van der Waals surface area contributed by atoms with Crippen molar-refractivity contribution in [2.45, 2.75) is 44.6 Å². The number of rotatable bonds is 9. The number of hydrogen-bond acceptors (Lipinski definition) is 6. The molecule has 2 amide bonds. The molecule has 0 aliphatic heterocycles. The Morgan fingerprint density at radius 2 is 2.09 bits per heavy atom. The number of nitrogens with two attached hydrogens (primary N) is 2. The fourth-order valence-electron chi connectivity index (χ4n) is 3.94. The van der Waals surface area contributed by atoms with E-state index in [2.05, 4.69) is 17.2 Å². The van der Waals surface area contributed by atoms with E-state index in [9.17, 15) is 9.59 Å². The number of nitrogen functional groups attached to an aromatic ring is 1. The Bertz CT molecular complexity index is 1080. The van der Waals surface area contributed by atoms with Crippen LogP contribution in [-0.4, -0.2) is 24.6 Å². The van der Waals surface area contributed by atoms with Crippen molar-refractivity contribution in [3.63, 3.8) is 0 Å². The van der Waals surface area contributed by atoms with Gasteiger partial charge in [-0.2, -0.15) is 0 Å². The Morgan fingerprint density at radius 1 is 1.32 bits per heavy atom. The quantitative estimate of drug-likeness (QED) is 0.390. The van der Waals surface area contributed by atoms with Gasteiger partial charge in [0.2, 0.25) is 5.91 Å². The first kappa shape index (κ1) is 25.1. The first-order valence-electron chi connectivity index (χ1n) is 11.3. The van der Waals surface area contributed by atoms with Crippen LogP contribution < -0.4 is 22.1 Å². The summed E-state index contributed by atoms with van der Waals surface area (Å²) in [5.74, 6) is 0.0410. The molecule has 7 nitrogen and oxygen atoms in total. The number of carbonyl (C=O) groups is 2. The molecule has 0 saturated carbocycles. The first-order valence-corrected chi connectivity index (χ1v) is 12.1. The van der Waals surface area contributed by atoms with E-state index < -0.39 is 6.09 Å². The molecule has 0 bridgehead atoms. The highest BCUT2D eigenvalue weighted by atomic mass is 32.1. The Kier molecular flexibility index (Phi) is 8.93. The molecule has 8 heteroatoms. The second kappa shape index (κ2) is 12.1. The van der Waals surface area contributed by atoms with Crippen LogP contribution in [0.2, 0.25) is 0 Å². The third-order valence-corrected chi connectivity index (χ3v) is 6.91. The average molecular weight is 481 g/mol. The van der Waals surface area contributed by atoms with Crippen molar-refractivity contribution in [3.05, 3.63) is 82.9 Å². The summed E-state index contributed by atoms with van der Waals surface area (Å²) >= 11 is 1.46. The summed E-state index contributed by atoms with van der Waals surface area (Å²) in [6.07, 6.45) is 8.09. The van der Waals surface area contributed by atoms with E-state index in [0.717, 1.165) is 21.6 Å². The number of anilines is 2. The zero-order valence-electron chi connectivity index (χ0n) is 19.4. The molecule has 6 N–H and O–H groups in total. The van der Waals surface area contributed by atoms with Gasteiger partial charge >= 0.3 is 6.09 Å². The third kappa shape index (κ3) is 6.74. The van der Waals surface area contributed by atoms with Crippen molar-refractivity contribution < 1.29 is 14.3 Å². The largest absolute Gasteiger partial charge is 0.446 e. The molecule has 2 atom stereocenters. The molecule has 0 fully saturated rings. The predicted octanol–water partition coefficient (Wildman–Crippen LogP) is 4.63. The van der Waals surface area contributed by atoms with Gasteiger partial charge in [-0.25, -0.2) is 4.79 Å². The zero-order chi connectivity index (χ0) is 24.5. The van der Waals surface area contributed by atoms with Crippen LogP contribution in [0.4, 0.5) is 15.5 Å². The van der Waals surface area contributed by atoms with Crippen LogP contribution in [0.15, 0.2) is 66.9 Å². The predicted molar refractivity (Wildman–Crippen MR) is 139 cm³/mol. The Labute approximate surface area is 204 Å². The first-order chi connectivity index (χ1) is 16.4. The summed E-state index contributed by atoms with van der Waals surface area (Å²) in [4.78, 5) is 25.9. The lowest BCUT2D eigenvalue weighted by atomic mass is 9.95. The minimum absolute atomic E-state index is 0.0660. The van der Waals surface area contributed by atoms with E-state index in [-0.39, 0.29) is 17.9 Å². The van der Waals surface area contributed by atoms with E-state index in [0.29, 0.717) is 42.9 Å². The Morgan fingerprint density at radius 3 is 2.79 bits per heavy atom. The summed E-state index contributed by atoms with van der Waals surface area (Å²) in [7, 11) is 0. The molecule has 34 heavy (non-hydrogen) atoms. The van der Waals surface area contributed by atoms with Gasteiger partial charge in [0, 0.05) is 24.3 Å². The number of ether oxygens (including phenoxy) is 1. The van der Waals surface area contributed by atoms with Gasteiger partial charge in [-0.15, -0.1) is 11.3 Å². The lowest BCUT2D eigenvalue weighted by Crippen LogP contribution is -2.32. The van der Waals surface area contributed by atoms with Crippen LogP contribution in [0.3, 0.4) is 0 Å². The maximum atomic E-state index is 12.6. The molecule has 1 aromatic heterocycles. The van der Waals surface area contributed by atoms with Crippen LogP contribution in [0, 0.1) is 0 Å². The van der Waals surface area contributed by atoms with Crippen molar-refractivity contribution in [2.75, 3.05) is 17.6 Å². The van der Waals surface area contributed by atoms with Crippen molar-refractivity contribution >= 4 is 34.0 Å². The summed E-state index contributed by atoms with van der Waals surface area (Å²) in [5, 5.41) is 6.39. The van der Waals surface area contributed by atoms with Crippen LogP contribution in [0.25, 0.3) is 0 Å². The minimum Gasteiger partial charge on any atom is -0.446 e. The standard InChI is InChI=1S/C26H32N4O3S/c1-3-7-18(12-13-27)16-29-26(32)33-20-10-11-21-22(15-20)34-25(24(21)28)30-23(31)14-17(2)19-8-5-4-6-9-19/h3-9,12-13,17,20H,1,10-11,14-16,27-28H2,2H3,(H,29,32)(H,30,31)/b13-12-,18-7+. The maximum Gasteiger partial charge on any atom is 0.407 e. The summed E-state index contributed by atoms with van der Waals surface area (Å²) < 4.78 is 5.61. The topological polar surface area (TPSA) is 119 Å².